The van der Waals surface area contributed by atoms with Gasteiger partial charge in [0.25, 0.3) is 11.8 Å². The van der Waals surface area contributed by atoms with Crippen molar-refractivity contribution < 1.29 is 31.9 Å². The molecule has 1 atom stereocenters. The molecule has 39 heavy (non-hydrogen) atoms. The van der Waals surface area contributed by atoms with Crippen molar-refractivity contribution in [2.45, 2.75) is 25.6 Å². The number of rotatable bonds is 8. The highest BCUT2D eigenvalue weighted by Crippen LogP contribution is 2.34. The predicted octanol–water partition coefficient (Wildman–Crippen LogP) is 5.62. The summed E-state index contributed by atoms with van der Waals surface area (Å²) < 4.78 is 58.6. The van der Waals surface area contributed by atoms with Crippen molar-refractivity contribution >= 4 is 17.5 Å². The minimum atomic E-state index is -4.54. The number of benzene rings is 3. The van der Waals surface area contributed by atoms with Crippen molar-refractivity contribution in [1.82, 2.24) is 9.91 Å². The third-order valence-corrected chi connectivity index (χ3v) is 6.45. The van der Waals surface area contributed by atoms with Gasteiger partial charge < -0.3 is 9.64 Å². The van der Waals surface area contributed by atoms with Gasteiger partial charge in [0.05, 0.1) is 23.9 Å². The first-order valence-electron chi connectivity index (χ1n) is 12.2. The van der Waals surface area contributed by atoms with Crippen LogP contribution in [0.3, 0.4) is 0 Å². The Morgan fingerprint density at radius 3 is 2.31 bits per heavy atom. The number of hydrogen-bond donors (Lipinski definition) is 0. The van der Waals surface area contributed by atoms with E-state index in [1.54, 1.807) is 18.2 Å². The van der Waals surface area contributed by atoms with Crippen LogP contribution in [0.4, 0.5) is 17.6 Å². The number of hydrazone groups is 1. The van der Waals surface area contributed by atoms with Gasteiger partial charge in [0, 0.05) is 31.2 Å². The molecule has 0 fully saturated rings. The molecule has 3 aromatic carbocycles. The van der Waals surface area contributed by atoms with E-state index >= 15 is 0 Å². The van der Waals surface area contributed by atoms with Crippen LogP contribution >= 0.6 is 0 Å². The van der Waals surface area contributed by atoms with E-state index in [0.29, 0.717) is 5.71 Å². The van der Waals surface area contributed by atoms with E-state index in [-0.39, 0.29) is 30.7 Å². The van der Waals surface area contributed by atoms with Crippen LogP contribution in [0.2, 0.25) is 0 Å². The molecule has 1 unspecified atom stereocenters. The second-order valence-corrected chi connectivity index (χ2v) is 9.19. The Morgan fingerprint density at radius 1 is 1.03 bits per heavy atom. The molecule has 0 aromatic heterocycles. The average Bonchev–Trinajstić information content (AvgIpc) is 3.36. The number of halogens is 4. The Kier molecular flexibility index (Phi) is 8.44. The number of ether oxygens (including phenoxy) is 1. The van der Waals surface area contributed by atoms with E-state index in [1.165, 1.54) is 23.1 Å². The summed E-state index contributed by atoms with van der Waals surface area (Å²) in [6.07, 6.45) is -4.28. The molecular weight excluding hydrogens is 514 g/mol. The maximum Gasteiger partial charge on any atom is 0.416 e. The van der Waals surface area contributed by atoms with Crippen molar-refractivity contribution in [2.75, 3.05) is 26.8 Å². The lowest BCUT2D eigenvalue weighted by Gasteiger charge is -2.27. The maximum absolute atomic E-state index is 14.6. The number of methoxy groups -OCH3 is 1. The molecule has 4 rings (SSSR count). The zero-order valence-corrected chi connectivity index (χ0v) is 21.4. The molecule has 10 heteroatoms. The number of alkyl halides is 3. The van der Waals surface area contributed by atoms with Gasteiger partial charge in [-0.15, -0.1) is 0 Å². The zero-order valence-electron chi connectivity index (χ0n) is 21.4. The van der Waals surface area contributed by atoms with Crippen molar-refractivity contribution in [2.24, 2.45) is 5.10 Å². The van der Waals surface area contributed by atoms with Crippen LogP contribution in [-0.4, -0.2) is 54.2 Å². The van der Waals surface area contributed by atoms with Crippen LogP contribution in [0.25, 0.3) is 0 Å². The lowest BCUT2D eigenvalue weighted by molar-refractivity contribution is -0.137. The second kappa shape index (κ2) is 11.8. The minimum Gasteiger partial charge on any atom is -0.383 e. The van der Waals surface area contributed by atoms with Crippen molar-refractivity contribution in [1.29, 1.82) is 0 Å². The maximum atomic E-state index is 14.6. The van der Waals surface area contributed by atoms with E-state index < -0.39 is 42.0 Å². The first kappa shape index (κ1) is 28.0. The quantitative estimate of drug-likeness (QED) is 0.348. The summed E-state index contributed by atoms with van der Waals surface area (Å²) in [5.41, 5.74) is 1.61. The van der Waals surface area contributed by atoms with Gasteiger partial charge in [0.2, 0.25) is 0 Å². The molecule has 1 heterocycles. The fourth-order valence-electron chi connectivity index (χ4n) is 4.32. The molecule has 6 nitrogen and oxygen atoms in total. The number of aryl methyl sites for hydroxylation is 1. The molecule has 0 saturated carbocycles. The van der Waals surface area contributed by atoms with Gasteiger partial charge in [-0.25, -0.2) is 9.40 Å². The molecular formula is C29H27F4N3O3. The molecule has 0 spiro atoms. The normalized spacial score (nSPS) is 15.3. The molecule has 0 aliphatic carbocycles. The Morgan fingerprint density at radius 2 is 1.69 bits per heavy atom. The first-order chi connectivity index (χ1) is 18.6. The Bertz CT molecular complexity index is 1360. The molecule has 0 N–H and O–H groups in total. The van der Waals surface area contributed by atoms with E-state index in [4.69, 9.17) is 4.74 Å². The van der Waals surface area contributed by atoms with Gasteiger partial charge >= 0.3 is 6.18 Å². The summed E-state index contributed by atoms with van der Waals surface area (Å²) in [5.74, 6) is -1.62. The molecule has 3 aromatic rings. The van der Waals surface area contributed by atoms with Gasteiger partial charge in [-0.05, 0) is 42.8 Å². The van der Waals surface area contributed by atoms with Crippen molar-refractivity contribution in [3.05, 3.63) is 106 Å². The van der Waals surface area contributed by atoms with Gasteiger partial charge in [-0.2, -0.15) is 18.3 Å². The lowest BCUT2D eigenvalue weighted by atomic mass is 9.97. The van der Waals surface area contributed by atoms with Crippen LogP contribution in [0.1, 0.15) is 45.1 Å². The van der Waals surface area contributed by atoms with Gasteiger partial charge in [0.15, 0.2) is 0 Å². The number of amides is 2. The zero-order chi connectivity index (χ0) is 28.2. The number of hydrogen-bond acceptors (Lipinski definition) is 4. The Hall–Kier alpha value is -4.05. The number of carbonyl (C=O) groups excluding carboxylic acids is 2. The Labute approximate surface area is 223 Å². The fourth-order valence-corrected chi connectivity index (χ4v) is 4.32. The van der Waals surface area contributed by atoms with Crippen molar-refractivity contribution in [3.8, 4) is 0 Å². The molecule has 2 amide bonds. The van der Waals surface area contributed by atoms with Crippen LogP contribution in [0.15, 0.2) is 77.9 Å². The summed E-state index contributed by atoms with van der Waals surface area (Å²) >= 11 is 0. The second-order valence-electron chi connectivity index (χ2n) is 9.19. The van der Waals surface area contributed by atoms with E-state index in [2.05, 4.69) is 5.10 Å². The topological polar surface area (TPSA) is 62.2 Å². The summed E-state index contributed by atoms with van der Waals surface area (Å²) in [6.45, 7) is 1.66. The highest BCUT2D eigenvalue weighted by atomic mass is 19.4. The molecule has 0 radical (unpaired) electrons. The summed E-state index contributed by atoms with van der Waals surface area (Å²) in [4.78, 5) is 28.0. The minimum absolute atomic E-state index is 0.000966. The largest absolute Gasteiger partial charge is 0.416 e. The molecule has 1 aliphatic heterocycles. The number of carbonyl (C=O) groups is 2. The van der Waals surface area contributed by atoms with E-state index in [1.807, 2.05) is 31.2 Å². The summed E-state index contributed by atoms with van der Waals surface area (Å²) in [5, 5.41) is 5.73. The fraction of sp³-hybridized carbons (Fsp3) is 0.276. The van der Waals surface area contributed by atoms with Crippen LogP contribution in [0, 0.1) is 12.7 Å². The van der Waals surface area contributed by atoms with Crippen LogP contribution < -0.4 is 0 Å². The summed E-state index contributed by atoms with van der Waals surface area (Å²) in [7, 11) is 1.43. The molecule has 1 aliphatic rings. The number of nitrogens with zero attached hydrogens (tertiary/aromatic N) is 3. The molecule has 204 valence electrons. The van der Waals surface area contributed by atoms with Crippen molar-refractivity contribution in [3.63, 3.8) is 0 Å². The highest BCUT2D eigenvalue weighted by molar-refractivity contribution is 6.04. The standard InChI is InChI=1S/C29H27F4N3O3/c1-19-7-9-20(10-8-19)26-17-25(23-5-3-4-6-24(23)30)34-36(26)27(37)18-35(15-16-39-2)28(38)21-11-13-22(14-12-21)29(31,32)33/h3-14,26H,15-18H2,1-2H3. The SMILES string of the molecule is COCCN(CC(=O)N1N=C(c2ccccc2F)CC1c1ccc(C)cc1)C(=O)c1ccc(C(F)(F)F)cc1. The Balaban J connectivity index is 1.62. The smallest absolute Gasteiger partial charge is 0.383 e. The monoisotopic (exact) mass is 541 g/mol. The van der Waals surface area contributed by atoms with Gasteiger partial charge in [-0.1, -0.05) is 48.0 Å². The third-order valence-electron chi connectivity index (χ3n) is 6.45. The third kappa shape index (κ3) is 6.51. The van der Waals surface area contributed by atoms with Crippen LogP contribution in [-0.2, 0) is 15.7 Å². The summed E-state index contributed by atoms with van der Waals surface area (Å²) in [6, 6.07) is 17.0. The molecule has 0 bridgehead atoms. The van der Waals surface area contributed by atoms with Gasteiger partial charge in [0.1, 0.15) is 12.4 Å². The van der Waals surface area contributed by atoms with Crippen LogP contribution in [0.5, 0.6) is 0 Å². The lowest BCUT2D eigenvalue weighted by Crippen LogP contribution is -2.42. The van der Waals surface area contributed by atoms with E-state index in [9.17, 15) is 27.2 Å². The predicted molar refractivity (Wildman–Crippen MR) is 138 cm³/mol. The average molecular weight is 542 g/mol. The van der Waals surface area contributed by atoms with E-state index in [0.717, 1.165) is 35.4 Å². The first-order valence-corrected chi connectivity index (χ1v) is 12.2. The van der Waals surface area contributed by atoms with Gasteiger partial charge in [-0.3, -0.25) is 9.59 Å². The molecule has 0 saturated heterocycles. The highest BCUT2D eigenvalue weighted by Gasteiger charge is 2.35.